The summed E-state index contributed by atoms with van der Waals surface area (Å²) in [5.74, 6) is 1.38. The number of para-hydroxylation sites is 1. The number of methoxy groups -OCH3 is 2. The van der Waals surface area contributed by atoms with E-state index in [4.69, 9.17) is 14.5 Å². The summed E-state index contributed by atoms with van der Waals surface area (Å²) in [6, 6.07) is 13.5. The van der Waals surface area contributed by atoms with Gasteiger partial charge in [-0.25, -0.2) is 4.98 Å². The predicted molar refractivity (Wildman–Crippen MR) is 110 cm³/mol. The second-order valence-electron chi connectivity index (χ2n) is 6.16. The van der Waals surface area contributed by atoms with Crippen LogP contribution in [0.3, 0.4) is 0 Å². The largest absolute Gasteiger partial charge is 0.497 e. The highest BCUT2D eigenvalue weighted by atomic mass is 32.2. The van der Waals surface area contributed by atoms with Crippen LogP contribution in [0.5, 0.6) is 11.5 Å². The Morgan fingerprint density at radius 1 is 1.07 bits per heavy atom. The molecular weight excluding hydrogens is 360 g/mol. The van der Waals surface area contributed by atoms with Gasteiger partial charge in [0.05, 0.1) is 31.2 Å². The summed E-state index contributed by atoms with van der Waals surface area (Å²) in [6.07, 6.45) is 0. The molecule has 27 heavy (non-hydrogen) atoms. The van der Waals surface area contributed by atoms with Gasteiger partial charge >= 0.3 is 0 Å². The van der Waals surface area contributed by atoms with Gasteiger partial charge in [0.1, 0.15) is 16.5 Å². The Morgan fingerprint density at radius 3 is 2.63 bits per heavy atom. The van der Waals surface area contributed by atoms with Gasteiger partial charge in [-0.05, 0) is 43.2 Å². The number of hydrogen-bond acceptors (Lipinski definition) is 5. The van der Waals surface area contributed by atoms with Crippen LogP contribution in [-0.2, 0) is 4.79 Å². The van der Waals surface area contributed by atoms with Crippen LogP contribution in [-0.4, -0.2) is 30.9 Å². The van der Waals surface area contributed by atoms with E-state index in [1.165, 1.54) is 11.8 Å². The number of nitrogens with one attached hydrogen (secondary N) is 1. The molecule has 0 spiro atoms. The molecule has 5 nitrogen and oxygen atoms in total. The number of thioether (sulfide) groups is 1. The van der Waals surface area contributed by atoms with Gasteiger partial charge < -0.3 is 14.8 Å². The maximum Gasteiger partial charge on any atom is 0.234 e. The molecule has 140 valence electrons. The number of benzene rings is 2. The maximum atomic E-state index is 12.4. The number of hydrogen-bond donors (Lipinski definition) is 1. The molecule has 1 N–H and O–H groups in total. The standard InChI is InChI=1S/C21H22N2O3S/c1-13-6-5-7-15-10-14(2)21(23-20(13)15)27-12-19(24)22-17-9-8-16(25-3)11-18(17)26-4/h5-11H,12H2,1-4H3,(H,22,24). The highest BCUT2D eigenvalue weighted by Crippen LogP contribution is 2.30. The minimum atomic E-state index is -0.116. The van der Waals surface area contributed by atoms with E-state index >= 15 is 0 Å². The predicted octanol–water partition coefficient (Wildman–Crippen LogP) is 4.60. The fourth-order valence-corrected chi connectivity index (χ4v) is 3.59. The molecule has 1 amide bonds. The lowest BCUT2D eigenvalue weighted by molar-refractivity contribution is -0.113. The molecule has 0 aliphatic carbocycles. The Kier molecular flexibility index (Phi) is 5.86. The summed E-state index contributed by atoms with van der Waals surface area (Å²) < 4.78 is 10.5. The smallest absolute Gasteiger partial charge is 0.234 e. The van der Waals surface area contributed by atoms with E-state index in [-0.39, 0.29) is 11.7 Å². The molecule has 1 heterocycles. The van der Waals surface area contributed by atoms with Crippen LogP contribution in [0.25, 0.3) is 10.9 Å². The molecule has 0 saturated heterocycles. The van der Waals surface area contributed by atoms with Crippen LogP contribution in [0.15, 0.2) is 47.5 Å². The van der Waals surface area contributed by atoms with Crippen LogP contribution in [0, 0.1) is 13.8 Å². The number of aromatic nitrogens is 1. The lowest BCUT2D eigenvalue weighted by Gasteiger charge is -2.12. The minimum absolute atomic E-state index is 0.116. The minimum Gasteiger partial charge on any atom is -0.497 e. The van der Waals surface area contributed by atoms with Gasteiger partial charge in [0.2, 0.25) is 5.91 Å². The zero-order valence-corrected chi connectivity index (χ0v) is 16.6. The first-order chi connectivity index (χ1) is 13.0. The zero-order chi connectivity index (χ0) is 19.4. The van der Waals surface area contributed by atoms with Crippen molar-refractivity contribution in [2.75, 3.05) is 25.3 Å². The SMILES string of the molecule is COc1ccc(NC(=O)CSc2nc3c(C)cccc3cc2C)c(OC)c1. The summed E-state index contributed by atoms with van der Waals surface area (Å²) in [4.78, 5) is 17.2. The van der Waals surface area contributed by atoms with Crippen molar-refractivity contribution in [1.29, 1.82) is 0 Å². The van der Waals surface area contributed by atoms with Gasteiger partial charge in [0.25, 0.3) is 0 Å². The summed E-state index contributed by atoms with van der Waals surface area (Å²) >= 11 is 1.43. The molecule has 0 saturated carbocycles. The first-order valence-corrected chi connectivity index (χ1v) is 9.52. The molecule has 0 fully saturated rings. The summed E-state index contributed by atoms with van der Waals surface area (Å²) in [5.41, 5.74) is 3.78. The number of nitrogens with zero attached hydrogens (tertiary/aromatic N) is 1. The van der Waals surface area contributed by atoms with E-state index < -0.39 is 0 Å². The van der Waals surface area contributed by atoms with Crippen LogP contribution in [0.4, 0.5) is 5.69 Å². The highest BCUT2D eigenvalue weighted by Gasteiger charge is 2.12. The van der Waals surface area contributed by atoms with E-state index in [1.54, 1.807) is 32.4 Å². The van der Waals surface area contributed by atoms with Crippen LogP contribution in [0.1, 0.15) is 11.1 Å². The summed E-state index contributed by atoms with van der Waals surface area (Å²) in [5, 5.41) is 4.87. The van der Waals surface area contributed by atoms with Crippen molar-refractivity contribution in [2.24, 2.45) is 0 Å². The number of amides is 1. The number of ether oxygens (including phenoxy) is 2. The molecular formula is C21H22N2O3S. The van der Waals surface area contributed by atoms with E-state index in [0.717, 1.165) is 27.1 Å². The molecule has 3 aromatic rings. The fourth-order valence-electron chi connectivity index (χ4n) is 2.80. The van der Waals surface area contributed by atoms with Gasteiger partial charge in [-0.1, -0.05) is 30.0 Å². The zero-order valence-electron chi connectivity index (χ0n) is 15.8. The van der Waals surface area contributed by atoms with Gasteiger partial charge in [0, 0.05) is 11.5 Å². The van der Waals surface area contributed by atoms with Crippen molar-refractivity contribution < 1.29 is 14.3 Å². The van der Waals surface area contributed by atoms with Crippen molar-refractivity contribution in [3.63, 3.8) is 0 Å². The number of aryl methyl sites for hydroxylation is 2. The monoisotopic (exact) mass is 382 g/mol. The van der Waals surface area contributed by atoms with E-state index in [9.17, 15) is 4.79 Å². The van der Waals surface area contributed by atoms with E-state index in [2.05, 4.69) is 17.4 Å². The lowest BCUT2D eigenvalue weighted by Crippen LogP contribution is -2.15. The quantitative estimate of drug-likeness (QED) is 0.632. The summed E-state index contributed by atoms with van der Waals surface area (Å²) in [6.45, 7) is 4.06. The van der Waals surface area contributed by atoms with Crippen molar-refractivity contribution >= 4 is 34.3 Å². The van der Waals surface area contributed by atoms with Crippen LogP contribution >= 0.6 is 11.8 Å². The number of anilines is 1. The van der Waals surface area contributed by atoms with Crippen molar-refractivity contribution in [3.8, 4) is 11.5 Å². The maximum absolute atomic E-state index is 12.4. The van der Waals surface area contributed by atoms with Gasteiger partial charge in [0.15, 0.2) is 0 Å². The Morgan fingerprint density at radius 2 is 1.89 bits per heavy atom. The second kappa shape index (κ2) is 8.31. The van der Waals surface area contributed by atoms with Crippen molar-refractivity contribution in [2.45, 2.75) is 18.9 Å². The van der Waals surface area contributed by atoms with Crippen LogP contribution < -0.4 is 14.8 Å². The Balaban J connectivity index is 1.72. The molecule has 0 atom stereocenters. The molecule has 0 radical (unpaired) electrons. The van der Waals surface area contributed by atoms with Gasteiger partial charge in [-0.15, -0.1) is 0 Å². The van der Waals surface area contributed by atoms with Gasteiger partial charge in [-0.3, -0.25) is 4.79 Å². The average molecular weight is 382 g/mol. The van der Waals surface area contributed by atoms with Gasteiger partial charge in [-0.2, -0.15) is 0 Å². The third-order valence-electron chi connectivity index (χ3n) is 4.21. The molecule has 6 heteroatoms. The van der Waals surface area contributed by atoms with E-state index in [0.29, 0.717) is 17.2 Å². The first-order valence-electron chi connectivity index (χ1n) is 8.53. The molecule has 1 aromatic heterocycles. The number of rotatable bonds is 6. The normalized spacial score (nSPS) is 10.7. The number of pyridine rings is 1. The number of carbonyl (C=O) groups excluding carboxylic acids is 1. The highest BCUT2D eigenvalue weighted by molar-refractivity contribution is 8.00. The number of carbonyl (C=O) groups is 1. The first kappa shape index (κ1) is 19.0. The third-order valence-corrected chi connectivity index (χ3v) is 5.31. The molecule has 0 bridgehead atoms. The molecule has 0 unspecified atom stereocenters. The third kappa shape index (κ3) is 4.34. The Labute approximate surface area is 163 Å². The van der Waals surface area contributed by atoms with Crippen molar-refractivity contribution in [1.82, 2.24) is 4.98 Å². The second-order valence-corrected chi connectivity index (χ2v) is 7.12. The lowest BCUT2D eigenvalue weighted by atomic mass is 10.1. The van der Waals surface area contributed by atoms with E-state index in [1.807, 2.05) is 26.0 Å². The molecule has 0 aliphatic heterocycles. The average Bonchev–Trinajstić information content (AvgIpc) is 2.67. The Hall–Kier alpha value is -2.73. The van der Waals surface area contributed by atoms with Crippen LogP contribution in [0.2, 0.25) is 0 Å². The molecule has 2 aromatic carbocycles. The topological polar surface area (TPSA) is 60.5 Å². The molecule has 0 aliphatic rings. The number of fused-ring (bicyclic) bond motifs is 1. The fraction of sp³-hybridized carbons (Fsp3) is 0.238. The van der Waals surface area contributed by atoms with Crippen molar-refractivity contribution in [3.05, 3.63) is 53.6 Å². The summed E-state index contributed by atoms with van der Waals surface area (Å²) in [7, 11) is 3.15. The Bertz CT molecular complexity index is 989. The molecule has 3 rings (SSSR count).